The first-order valence-electron chi connectivity index (χ1n) is 5.12. The third kappa shape index (κ3) is 3.83. The average Bonchev–Trinajstić information content (AvgIpc) is 2.24. The topological polar surface area (TPSA) is 61.5 Å². The van der Waals surface area contributed by atoms with Crippen LogP contribution in [0, 0.1) is 5.82 Å². The summed E-state index contributed by atoms with van der Waals surface area (Å²) in [7, 11) is 0. The number of ether oxygens (including phenoxy) is 2. The maximum atomic E-state index is 13.2. The molecule has 7 heteroatoms. The Bertz CT molecular complexity index is 438. The quantitative estimate of drug-likeness (QED) is 0.653. The predicted molar refractivity (Wildman–Crippen MR) is 57.8 cm³/mol. The summed E-state index contributed by atoms with van der Waals surface area (Å²) in [5.74, 6) is -2.25. The first kappa shape index (κ1) is 14.1. The second-order valence-corrected chi connectivity index (χ2v) is 3.34. The lowest BCUT2D eigenvalue weighted by atomic mass is 10.1. The van der Waals surface area contributed by atoms with Crippen LogP contribution < -0.4 is 10.5 Å². The van der Waals surface area contributed by atoms with Crippen molar-refractivity contribution in [3.63, 3.8) is 0 Å². The standard InChI is InChI=1S/C11H12F3NO3/c1-2-17-10(16)4-6-3-9(18-11(13)14)7(12)5-8(6)15/h3,5,11H,2,4,15H2,1H3. The molecule has 0 aliphatic carbocycles. The van der Waals surface area contributed by atoms with Crippen LogP contribution in [0.5, 0.6) is 5.75 Å². The molecule has 0 fully saturated rings. The van der Waals surface area contributed by atoms with Crippen molar-refractivity contribution in [2.45, 2.75) is 20.0 Å². The zero-order valence-corrected chi connectivity index (χ0v) is 9.58. The van der Waals surface area contributed by atoms with E-state index in [9.17, 15) is 18.0 Å². The summed E-state index contributed by atoms with van der Waals surface area (Å²) in [6.45, 7) is -1.35. The van der Waals surface area contributed by atoms with Crippen molar-refractivity contribution in [3.8, 4) is 5.75 Å². The van der Waals surface area contributed by atoms with Gasteiger partial charge in [-0.05, 0) is 18.6 Å². The lowest BCUT2D eigenvalue weighted by Gasteiger charge is -2.10. The molecular formula is C11H12F3NO3. The number of alkyl halides is 2. The van der Waals surface area contributed by atoms with Crippen molar-refractivity contribution in [1.29, 1.82) is 0 Å². The highest BCUT2D eigenvalue weighted by molar-refractivity contribution is 5.75. The summed E-state index contributed by atoms with van der Waals surface area (Å²) in [5, 5.41) is 0. The molecule has 0 bridgehead atoms. The Morgan fingerprint density at radius 2 is 2.11 bits per heavy atom. The van der Waals surface area contributed by atoms with Gasteiger partial charge in [-0.25, -0.2) is 4.39 Å². The number of halogens is 3. The van der Waals surface area contributed by atoms with Crippen molar-refractivity contribution in [2.75, 3.05) is 12.3 Å². The van der Waals surface area contributed by atoms with Gasteiger partial charge in [-0.15, -0.1) is 0 Å². The summed E-state index contributed by atoms with van der Waals surface area (Å²) in [4.78, 5) is 11.2. The largest absolute Gasteiger partial charge is 0.466 e. The zero-order valence-electron chi connectivity index (χ0n) is 9.58. The Labute approximate surface area is 101 Å². The van der Waals surface area contributed by atoms with Gasteiger partial charge < -0.3 is 15.2 Å². The fraction of sp³-hybridized carbons (Fsp3) is 0.364. The lowest BCUT2D eigenvalue weighted by Crippen LogP contribution is -2.11. The van der Waals surface area contributed by atoms with Crippen molar-refractivity contribution in [3.05, 3.63) is 23.5 Å². The van der Waals surface area contributed by atoms with E-state index >= 15 is 0 Å². The number of esters is 1. The Kier molecular flexibility index (Phi) is 4.82. The maximum absolute atomic E-state index is 13.2. The molecule has 0 spiro atoms. The van der Waals surface area contributed by atoms with Crippen LogP contribution in [0.15, 0.2) is 12.1 Å². The zero-order chi connectivity index (χ0) is 13.7. The van der Waals surface area contributed by atoms with Gasteiger partial charge in [0.05, 0.1) is 13.0 Å². The molecule has 1 aromatic carbocycles. The molecule has 0 atom stereocenters. The average molecular weight is 263 g/mol. The number of nitrogens with two attached hydrogens (primary N) is 1. The second kappa shape index (κ2) is 6.13. The van der Waals surface area contributed by atoms with Gasteiger partial charge in [-0.1, -0.05) is 0 Å². The fourth-order valence-electron chi connectivity index (χ4n) is 1.32. The van der Waals surface area contributed by atoms with E-state index in [4.69, 9.17) is 5.73 Å². The lowest BCUT2D eigenvalue weighted by molar-refractivity contribution is -0.142. The molecule has 0 amide bonds. The summed E-state index contributed by atoms with van der Waals surface area (Å²) in [6, 6.07) is 1.79. The van der Waals surface area contributed by atoms with Crippen LogP contribution in [0.2, 0.25) is 0 Å². The van der Waals surface area contributed by atoms with Crippen molar-refractivity contribution in [2.24, 2.45) is 0 Å². The highest BCUT2D eigenvalue weighted by Crippen LogP contribution is 2.26. The van der Waals surface area contributed by atoms with Crippen LogP contribution in [-0.2, 0) is 16.0 Å². The summed E-state index contributed by atoms with van der Waals surface area (Å²) >= 11 is 0. The minimum absolute atomic E-state index is 0.0258. The molecule has 4 nitrogen and oxygen atoms in total. The van der Waals surface area contributed by atoms with Crippen molar-refractivity contribution < 1.29 is 27.4 Å². The van der Waals surface area contributed by atoms with E-state index in [0.29, 0.717) is 0 Å². The second-order valence-electron chi connectivity index (χ2n) is 3.34. The first-order valence-corrected chi connectivity index (χ1v) is 5.12. The molecule has 1 aromatic rings. The molecule has 0 aliphatic rings. The number of carbonyl (C=O) groups excluding carboxylic acids is 1. The van der Waals surface area contributed by atoms with E-state index in [1.807, 2.05) is 0 Å². The van der Waals surface area contributed by atoms with E-state index in [1.54, 1.807) is 6.92 Å². The van der Waals surface area contributed by atoms with Gasteiger partial charge in [0, 0.05) is 11.8 Å². The summed E-state index contributed by atoms with van der Waals surface area (Å²) < 4.78 is 45.9. The highest BCUT2D eigenvalue weighted by Gasteiger charge is 2.15. The number of carbonyl (C=O) groups is 1. The third-order valence-corrected chi connectivity index (χ3v) is 2.05. The van der Waals surface area contributed by atoms with Crippen molar-refractivity contribution >= 4 is 11.7 Å². The minimum Gasteiger partial charge on any atom is -0.466 e. The van der Waals surface area contributed by atoms with Crippen LogP contribution in [-0.4, -0.2) is 19.2 Å². The van der Waals surface area contributed by atoms with Gasteiger partial charge in [0.15, 0.2) is 11.6 Å². The number of hydrogen-bond acceptors (Lipinski definition) is 4. The first-order chi connectivity index (χ1) is 8.43. The van der Waals surface area contributed by atoms with Crippen LogP contribution in [0.4, 0.5) is 18.9 Å². The number of hydrogen-bond donors (Lipinski definition) is 1. The molecule has 0 saturated carbocycles. The third-order valence-electron chi connectivity index (χ3n) is 2.05. The molecule has 0 aliphatic heterocycles. The molecule has 100 valence electrons. The van der Waals surface area contributed by atoms with Gasteiger partial charge >= 0.3 is 12.6 Å². The highest BCUT2D eigenvalue weighted by atomic mass is 19.3. The van der Waals surface area contributed by atoms with E-state index in [0.717, 1.165) is 12.1 Å². The minimum atomic E-state index is -3.15. The van der Waals surface area contributed by atoms with Gasteiger partial charge in [0.2, 0.25) is 0 Å². The molecule has 2 N–H and O–H groups in total. The van der Waals surface area contributed by atoms with E-state index in [1.165, 1.54) is 0 Å². The predicted octanol–water partition coefficient (Wildman–Crippen LogP) is 2.11. The van der Waals surface area contributed by atoms with E-state index in [-0.39, 0.29) is 24.3 Å². The van der Waals surface area contributed by atoms with Crippen LogP contribution in [0.1, 0.15) is 12.5 Å². The van der Waals surface area contributed by atoms with Crippen LogP contribution in [0.25, 0.3) is 0 Å². The maximum Gasteiger partial charge on any atom is 0.387 e. The molecule has 0 radical (unpaired) electrons. The Balaban J connectivity index is 2.94. The van der Waals surface area contributed by atoms with Crippen molar-refractivity contribution in [1.82, 2.24) is 0 Å². The fourth-order valence-corrected chi connectivity index (χ4v) is 1.32. The molecule has 0 saturated heterocycles. The Hall–Kier alpha value is -1.92. The Morgan fingerprint density at radius 3 is 2.67 bits per heavy atom. The molecule has 1 rings (SSSR count). The number of benzene rings is 1. The number of anilines is 1. The van der Waals surface area contributed by atoms with Gasteiger partial charge in [-0.3, -0.25) is 4.79 Å². The number of rotatable bonds is 5. The monoisotopic (exact) mass is 263 g/mol. The molecular weight excluding hydrogens is 251 g/mol. The molecule has 0 unspecified atom stereocenters. The van der Waals surface area contributed by atoms with Crippen LogP contribution in [0.3, 0.4) is 0 Å². The molecule has 0 heterocycles. The molecule has 0 aromatic heterocycles. The van der Waals surface area contributed by atoms with Gasteiger partial charge in [-0.2, -0.15) is 8.78 Å². The van der Waals surface area contributed by atoms with E-state index < -0.39 is 24.1 Å². The summed E-state index contributed by atoms with van der Waals surface area (Å²) in [5.41, 5.74) is 5.62. The van der Waals surface area contributed by atoms with Gasteiger partial charge in [0.1, 0.15) is 0 Å². The Morgan fingerprint density at radius 1 is 1.44 bits per heavy atom. The normalized spacial score (nSPS) is 10.5. The smallest absolute Gasteiger partial charge is 0.387 e. The SMILES string of the molecule is CCOC(=O)Cc1cc(OC(F)F)c(F)cc1N. The van der Waals surface area contributed by atoms with E-state index in [2.05, 4.69) is 9.47 Å². The van der Waals surface area contributed by atoms with Crippen LogP contribution >= 0.6 is 0 Å². The molecule has 18 heavy (non-hydrogen) atoms. The van der Waals surface area contributed by atoms with Gasteiger partial charge in [0.25, 0.3) is 0 Å². The summed E-state index contributed by atoms with van der Waals surface area (Å²) in [6.07, 6.45) is -0.237. The number of nitrogen functional groups attached to an aromatic ring is 1.